The minimum absolute atomic E-state index is 0.0395. The third-order valence-electron chi connectivity index (χ3n) is 6.28. The van der Waals surface area contributed by atoms with Crippen molar-refractivity contribution < 1.29 is 23.8 Å². The van der Waals surface area contributed by atoms with Crippen molar-refractivity contribution in [2.75, 3.05) is 13.7 Å². The maximum absolute atomic E-state index is 13.0. The highest BCUT2D eigenvalue weighted by Gasteiger charge is 2.64. The minimum atomic E-state index is -1.25. The number of rotatable bonds is 5. The Morgan fingerprint density at radius 3 is 2.47 bits per heavy atom. The van der Waals surface area contributed by atoms with Crippen molar-refractivity contribution in [2.24, 2.45) is 5.92 Å². The molecular formula is C25H26O5. The summed E-state index contributed by atoms with van der Waals surface area (Å²) >= 11 is 0. The number of aryl methyl sites for hydroxylation is 1. The van der Waals surface area contributed by atoms with Crippen LogP contribution in [0.4, 0.5) is 0 Å². The number of benzene rings is 2. The van der Waals surface area contributed by atoms with Gasteiger partial charge in [-0.25, -0.2) is 9.59 Å². The van der Waals surface area contributed by atoms with Gasteiger partial charge in [-0.05, 0) is 42.5 Å². The summed E-state index contributed by atoms with van der Waals surface area (Å²) in [7, 11) is 1.36. The number of ether oxygens (including phenoxy) is 3. The van der Waals surface area contributed by atoms with Crippen LogP contribution >= 0.6 is 0 Å². The van der Waals surface area contributed by atoms with E-state index in [2.05, 4.69) is 31.2 Å². The first-order chi connectivity index (χ1) is 14.5. The van der Waals surface area contributed by atoms with Gasteiger partial charge < -0.3 is 14.2 Å². The molecule has 0 bridgehead atoms. The molecule has 0 radical (unpaired) electrons. The Labute approximate surface area is 176 Å². The molecule has 5 heteroatoms. The molecule has 0 amide bonds. The van der Waals surface area contributed by atoms with Gasteiger partial charge in [0.2, 0.25) is 11.4 Å². The topological polar surface area (TPSA) is 61.8 Å². The molecular weight excluding hydrogens is 380 g/mol. The van der Waals surface area contributed by atoms with Gasteiger partial charge in [-0.1, -0.05) is 54.6 Å². The van der Waals surface area contributed by atoms with Crippen LogP contribution in [0.5, 0.6) is 0 Å². The van der Waals surface area contributed by atoms with Crippen molar-refractivity contribution in [1.29, 1.82) is 0 Å². The average Bonchev–Trinajstić information content (AvgIpc) is 3.28. The lowest BCUT2D eigenvalue weighted by Crippen LogP contribution is -2.43. The molecule has 1 aliphatic heterocycles. The summed E-state index contributed by atoms with van der Waals surface area (Å²) in [5, 5.41) is 0. The van der Waals surface area contributed by atoms with Gasteiger partial charge in [-0.3, -0.25) is 0 Å². The molecule has 5 nitrogen and oxygen atoms in total. The normalized spacial score (nSPS) is 27.0. The minimum Gasteiger partial charge on any atom is -0.468 e. The van der Waals surface area contributed by atoms with Gasteiger partial charge in [0.1, 0.15) is 0 Å². The molecule has 4 atom stereocenters. The third kappa shape index (κ3) is 3.18. The fourth-order valence-electron chi connectivity index (χ4n) is 5.04. The summed E-state index contributed by atoms with van der Waals surface area (Å²) in [6.45, 7) is 4.06. The molecule has 2 aromatic rings. The Morgan fingerprint density at radius 2 is 1.80 bits per heavy atom. The SMILES string of the molecule is CCOC(=O)C1=CC2[C@H](c3ccccc3)[C@@H](c3ccccc3C)C[C@@]2(C(=O)OC)O1. The van der Waals surface area contributed by atoms with E-state index in [1.54, 1.807) is 13.0 Å². The monoisotopic (exact) mass is 406 g/mol. The molecule has 1 aliphatic carbocycles. The largest absolute Gasteiger partial charge is 0.468 e. The second-order valence-corrected chi connectivity index (χ2v) is 7.86. The van der Waals surface area contributed by atoms with Gasteiger partial charge >= 0.3 is 11.9 Å². The summed E-state index contributed by atoms with van der Waals surface area (Å²) in [6, 6.07) is 18.3. The Kier molecular flexibility index (Phi) is 5.37. The Balaban J connectivity index is 1.86. The second kappa shape index (κ2) is 7.98. The van der Waals surface area contributed by atoms with E-state index >= 15 is 0 Å². The van der Waals surface area contributed by atoms with Crippen molar-refractivity contribution in [3.63, 3.8) is 0 Å². The molecule has 1 heterocycles. The predicted molar refractivity (Wildman–Crippen MR) is 112 cm³/mol. The molecule has 0 N–H and O–H groups in total. The third-order valence-corrected chi connectivity index (χ3v) is 6.28. The van der Waals surface area contributed by atoms with Crippen LogP contribution in [0.1, 0.15) is 41.9 Å². The number of methoxy groups -OCH3 is 1. The molecule has 1 saturated carbocycles. The van der Waals surface area contributed by atoms with Gasteiger partial charge in [0, 0.05) is 18.3 Å². The highest BCUT2D eigenvalue weighted by atomic mass is 16.6. The summed E-state index contributed by atoms with van der Waals surface area (Å²) in [4.78, 5) is 25.5. The first kappa shape index (κ1) is 20.2. The molecule has 1 unspecified atom stereocenters. The summed E-state index contributed by atoms with van der Waals surface area (Å²) in [5.74, 6) is -1.25. The van der Waals surface area contributed by atoms with Crippen LogP contribution in [0.15, 0.2) is 66.4 Å². The fourth-order valence-corrected chi connectivity index (χ4v) is 5.04. The Morgan fingerprint density at radius 1 is 1.10 bits per heavy atom. The summed E-state index contributed by atoms with van der Waals surface area (Å²) in [5.41, 5.74) is 2.20. The molecule has 4 rings (SSSR count). The number of carbonyl (C=O) groups excluding carboxylic acids is 2. The zero-order valence-corrected chi connectivity index (χ0v) is 17.5. The quantitative estimate of drug-likeness (QED) is 0.694. The molecule has 30 heavy (non-hydrogen) atoms. The second-order valence-electron chi connectivity index (χ2n) is 7.86. The first-order valence-corrected chi connectivity index (χ1v) is 10.3. The van der Waals surface area contributed by atoms with Crippen molar-refractivity contribution in [1.82, 2.24) is 0 Å². The lowest BCUT2D eigenvalue weighted by atomic mass is 9.78. The van der Waals surface area contributed by atoms with E-state index < -0.39 is 17.5 Å². The van der Waals surface area contributed by atoms with Crippen molar-refractivity contribution >= 4 is 11.9 Å². The summed E-state index contributed by atoms with van der Waals surface area (Å²) in [6.07, 6.45) is 2.19. The van der Waals surface area contributed by atoms with Crippen LogP contribution in [-0.2, 0) is 23.8 Å². The maximum Gasteiger partial charge on any atom is 0.373 e. The number of esters is 2. The van der Waals surface area contributed by atoms with E-state index in [0.717, 1.165) is 11.1 Å². The molecule has 0 spiro atoms. The number of fused-ring (bicyclic) bond motifs is 1. The van der Waals surface area contributed by atoms with E-state index in [1.165, 1.54) is 12.7 Å². The van der Waals surface area contributed by atoms with Crippen molar-refractivity contribution in [2.45, 2.75) is 37.7 Å². The van der Waals surface area contributed by atoms with E-state index in [9.17, 15) is 9.59 Å². The standard InChI is InChI=1S/C25H26O5/c1-4-29-23(26)21-14-20-22(17-11-6-5-7-12-17)19(18-13-9-8-10-16(18)2)15-25(20,30-21)24(27)28-3/h5-14,19-20,22H,4,15H2,1-3H3/t19-,20?,22-,25-/m1/s1. The van der Waals surface area contributed by atoms with E-state index in [4.69, 9.17) is 14.2 Å². The Hall–Kier alpha value is -3.08. The van der Waals surface area contributed by atoms with E-state index in [-0.39, 0.29) is 30.1 Å². The Bertz CT molecular complexity index is 980. The van der Waals surface area contributed by atoms with Crippen LogP contribution in [0, 0.1) is 12.8 Å². The van der Waals surface area contributed by atoms with E-state index in [1.807, 2.05) is 30.3 Å². The zero-order chi connectivity index (χ0) is 21.3. The molecule has 156 valence electrons. The van der Waals surface area contributed by atoms with Crippen LogP contribution in [0.2, 0.25) is 0 Å². The summed E-state index contributed by atoms with van der Waals surface area (Å²) < 4.78 is 16.4. The van der Waals surface area contributed by atoms with Gasteiger partial charge in [0.25, 0.3) is 0 Å². The molecule has 1 fully saturated rings. The molecule has 0 saturated heterocycles. The molecule has 2 aromatic carbocycles. The maximum atomic E-state index is 13.0. The first-order valence-electron chi connectivity index (χ1n) is 10.3. The van der Waals surface area contributed by atoms with Crippen LogP contribution in [0.25, 0.3) is 0 Å². The van der Waals surface area contributed by atoms with E-state index in [0.29, 0.717) is 6.42 Å². The highest BCUT2D eigenvalue weighted by molar-refractivity contribution is 5.91. The fraction of sp³-hybridized carbons (Fsp3) is 0.360. The molecule has 2 aliphatic rings. The highest BCUT2D eigenvalue weighted by Crippen LogP contribution is 2.60. The van der Waals surface area contributed by atoms with Crippen molar-refractivity contribution in [3.05, 3.63) is 83.1 Å². The van der Waals surface area contributed by atoms with Crippen LogP contribution < -0.4 is 0 Å². The predicted octanol–water partition coefficient (Wildman–Crippen LogP) is 4.27. The van der Waals surface area contributed by atoms with Crippen molar-refractivity contribution in [3.8, 4) is 0 Å². The lowest BCUT2D eigenvalue weighted by molar-refractivity contribution is -0.167. The van der Waals surface area contributed by atoms with Crippen LogP contribution in [-0.4, -0.2) is 31.3 Å². The number of hydrogen-bond donors (Lipinski definition) is 0. The molecule has 0 aromatic heterocycles. The number of hydrogen-bond acceptors (Lipinski definition) is 5. The van der Waals surface area contributed by atoms with Gasteiger partial charge in [-0.2, -0.15) is 0 Å². The van der Waals surface area contributed by atoms with Crippen LogP contribution in [0.3, 0.4) is 0 Å². The van der Waals surface area contributed by atoms with Gasteiger partial charge in [0.15, 0.2) is 0 Å². The number of carbonyl (C=O) groups is 2. The zero-order valence-electron chi connectivity index (χ0n) is 17.5. The van der Waals surface area contributed by atoms with Gasteiger partial charge in [0.05, 0.1) is 13.7 Å². The lowest BCUT2D eigenvalue weighted by Gasteiger charge is -2.27. The average molecular weight is 406 g/mol. The smallest absolute Gasteiger partial charge is 0.373 e. The van der Waals surface area contributed by atoms with Gasteiger partial charge in [-0.15, -0.1) is 0 Å².